The minimum Gasteiger partial charge on any atom is -0.493 e. The molecule has 0 unspecified atom stereocenters. The smallest absolute Gasteiger partial charge is 0.228 e. The van der Waals surface area contributed by atoms with Crippen molar-refractivity contribution in [2.45, 2.75) is 13.3 Å². The highest BCUT2D eigenvalue weighted by Crippen LogP contribution is 2.40. The number of hydrogen-bond donors (Lipinski definition) is 1. The number of hydrogen-bond acceptors (Lipinski definition) is 6. The van der Waals surface area contributed by atoms with Crippen LogP contribution in [0.2, 0.25) is 0 Å². The van der Waals surface area contributed by atoms with Gasteiger partial charge >= 0.3 is 0 Å². The molecule has 1 aliphatic heterocycles. The Labute approximate surface area is 178 Å². The van der Waals surface area contributed by atoms with Crippen molar-refractivity contribution in [3.8, 4) is 17.2 Å². The fourth-order valence-corrected chi connectivity index (χ4v) is 3.72. The van der Waals surface area contributed by atoms with E-state index in [1.807, 2.05) is 19.1 Å². The topological polar surface area (TPSA) is 63.3 Å². The van der Waals surface area contributed by atoms with Gasteiger partial charge in [-0.05, 0) is 43.8 Å². The number of nitrogens with zero attached hydrogens (tertiary/aromatic N) is 2. The zero-order valence-corrected chi connectivity index (χ0v) is 18.4. The first kappa shape index (κ1) is 21.8. The normalized spacial score (nSPS) is 14.4. The molecule has 1 aliphatic rings. The second-order valence-corrected chi connectivity index (χ2v) is 7.51. The van der Waals surface area contributed by atoms with E-state index in [-0.39, 0.29) is 12.3 Å². The van der Waals surface area contributed by atoms with Crippen LogP contribution in [0.15, 0.2) is 30.3 Å². The third kappa shape index (κ3) is 4.79. The zero-order chi connectivity index (χ0) is 21.7. The Kier molecular flexibility index (Phi) is 7.05. The van der Waals surface area contributed by atoms with E-state index in [2.05, 4.69) is 34.3 Å². The molecule has 1 fully saturated rings. The molecule has 0 spiro atoms. The molecule has 1 amide bonds. The largest absolute Gasteiger partial charge is 0.493 e. The van der Waals surface area contributed by atoms with Crippen LogP contribution in [0.3, 0.4) is 0 Å². The second-order valence-electron chi connectivity index (χ2n) is 7.51. The first-order valence-electron chi connectivity index (χ1n) is 10.1. The van der Waals surface area contributed by atoms with Crippen LogP contribution in [0.25, 0.3) is 0 Å². The lowest BCUT2D eigenvalue weighted by atomic mass is 10.1. The van der Waals surface area contributed by atoms with Crippen LogP contribution in [0.5, 0.6) is 17.2 Å². The molecular formula is C23H31N3O4. The molecule has 0 saturated carbocycles. The lowest BCUT2D eigenvalue weighted by molar-refractivity contribution is -0.115. The number of anilines is 2. The highest BCUT2D eigenvalue weighted by Gasteiger charge is 2.19. The number of amides is 1. The molecular weight excluding hydrogens is 382 g/mol. The molecule has 2 aromatic rings. The van der Waals surface area contributed by atoms with Crippen molar-refractivity contribution in [2.24, 2.45) is 0 Å². The van der Waals surface area contributed by atoms with Crippen LogP contribution in [0.1, 0.15) is 11.1 Å². The third-order valence-electron chi connectivity index (χ3n) is 5.49. The van der Waals surface area contributed by atoms with Gasteiger partial charge in [-0.25, -0.2) is 0 Å². The van der Waals surface area contributed by atoms with Crippen LogP contribution in [0.4, 0.5) is 11.4 Å². The van der Waals surface area contributed by atoms with Gasteiger partial charge in [-0.3, -0.25) is 4.79 Å². The SMILES string of the molecule is COc1ccc(CC(=O)Nc2ccc(N3CCN(C)CC3)cc2C)c(OC)c1OC. The van der Waals surface area contributed by atoms with Crippen molar-refractivity contribution in [2.75, 3.05) is 64.8 Å². The van der Waals surface area contributed by atoms with Crippen molar-refractivity contribution in [3.05, 3.63) is 41.5 Å². The summed E-state index contributed by atoms with van der Waals surface area (Å²) < 4.78 is 16.2. The quantitative estimate of drug-likeness (QED) is 0.753. The van der Waals surface area contributed by atoms with Crippen LogP contribution < -0.4 is 24.4 Å². The van der Waals surface area contributed by atoms with Gasteiger partial charge in [0.05, 0.1) is 27.8 Å². The summed E-state index contributed by atoms with van der Waals surface area (Å²) in [5, 5.41) is 3.02. The summed E-state index contributed by atoms with van der Waals surface area (Å²) in [6, 6.07) is 9.79. The van der Waals surface area contributed by atoms with Crippen LogP contribution in [0, 0.1) is 6.92 Å². The highest BCUT2D eigenvalue weighted by molar-refractivity contribution is 5.93. The number of benzene rings is 2. The summed E-state index contributed by atoms with van der Waals surface area (Å²) in [5.41, 5.74) is 3.79. The van der Waals surface area contributed by atoms with Gasteiger partial charge in [0, 0.05) is 43.1 Å². The summed E-state index contributed by atoms with van der Waals surface area (Å²) in [6.07, 6.45) is 0.170. The first-order chi connectivity index (χ1) is 14.5. The first-order valence-corrected chi connectivity index (χ1v) is 10.1. The molecule has 2 aromatic carbocycles. The molecule has 1 N–H and O–H groups in total. The van der Waals surface area contributed by atoms with Crippen molar-refractivity contribution < 1.29 is 19.0 Å². The van der Waals surface area contributed by atoms with E-state index in [9.17, 15) is 4.79 Å². The van der Waals surface area contributed by atoms with Gasteiger partial charge in [-0.15, -0.1) is 0 Å². The molecule has 1 saturated heterocycles. The van der Waals surface area contributed by atoms with Gasteiger partial charge < -0.3 is 29.3 Å². The lowest BCUT2D eigenvalue weighted by Crippen LogP contribution is -2.44. The highest BCUT2D eigenvalue weighted by atomic mass is 16.5. The second kappa shape index (κ2) is 9.71. The number of piperazine rings is 1. The van der Waals surface area contributed by atoms with Crippen molar-refractivity contribution >= 4 is 17.3 Å². The van der Waals surface area contributed by atoms with E-state index in [0.717, 1.165) is 43.0 Å². The molecule has 162 valence electrons. The standard InChI is InChI=1S/C23H31N3O4/c1-16-14-18(26-12-10-25(2)11-13-26)7-8-19(16)24-21(27)15-17-6-9-20(28-3)23(30-5)22(17)29-4/h6-9,14H,10-13,15H2,1-5H3,(H,24,27). The van der Waals surface area contributed by atoms with Crippen molar-refractivity contribution in [1.82, 2.24) is 4.90 Å². The number of carbonyl (C=O) groups excluding carboxylic acids is 1. The number of rotatable bonds is 7. The van der Waals surface area contributed by atoms with E-state index in [0.29, 0.717) is 17.2 Å². The number of methoxy groups -OCH3 is 3. The Hall–Kier alpha value is -2.93. The summed E-state index contributed by atoms with van der Waals surface area (Å²) in [5.74, 6) is 1.44. The van der Waals surface area contributed by atoms with E-state index in [1.54, 1.807) is 27.4 Å². The molecule has 0 aromatic heterocycles. The van der Waals surface area contributed by atoms with Crippen LogP contribution >= 0.6 is 0 Å². The molecule has 0 aliphatic carbocycles. The average Bonchev–Trinajstić information content (AvgIpc) is 2.75. The molecule has 0 atom stereocenters. The minimum absolute atomic E-state index is 0.115. The summed E-state index contributed by atoms with van der Waals surface area (Å²) in [6.45, 7) is 6.17. The number of carbonyl (C=O) groups is 1. The number of aryl methyl sites for hydroxylation is 1. The number of ether oxygens (including phenoxy) is 3. The molecule has 0 bridgehead atoms. The van der Waals surface area contributed by atoms with Crippen molar-refractivity contribution in [3.63, 3.8) is 0 Å². The predicted molar refractivity (Wildman–Crippen MR) is 119 cm³/mol. The molecule has 3 rings (SSSR count). The summed E-state index contributed by atoms with van der Waals surface area (Å²) in [7, 11) is 6.82. The monoisotopic (exact) mass is 413 g/mol. The molecule has 7 nitrogen and oxygen atoms in total. The van der Waals surface area contributed by atoms with Gasteiger partial charge in [-0.2, -0.15) is 0 Å². The van der Waals surface area contributed by atoms with Gasteiger partial charge in [-0.1, -0.05) is 6.07 Å². The van der Waals surface area contributed by atoms with Gasteiger partial charge in [0.1, 0.15) is 0 Å². The fraction of sp³-hybridized carbons (Fsp3) is 0.435. The number of likely N-dealkylation sites (N-methyl/N-ethyl adjacent to an activating group) is 1. The lowest BCUT2D eigenvalue weighted by Gasteiger charge is -2.34. The Morgan fingerprint density at radius 1 is 0.967 bits per heavy atom. The predicted octanol–water partition coefficient (Wildman–Crippen LogP) is 2.95. The van der Waals surface area contributed by atoms with Crippen LogP contribution in [-0.4, -0.2) is 65.4 Å². The Balaban J connectivity index is 1.71. The van der Waals surface area contributed by atoms with Gasteiger partial charge in [0.2, 0.25) is 11.7 Å². The van der Waals surface area contributed by atoms with E-state index < -0.39 is 0 Å². The Morgan fingerprint density at radius 3 is 2.27 bits per heavy atom. The summed E-state index contributed by atoms with van der Waals surface area (Å²) >= 11 is 0. The van der Waals surface area contributed by atoms with Crippen LogP contribution in [-0.2, 0) is 11.2 Å². The maximum Gasteiger partial charge on any atom is 0.228 e. The molecule has 7 heteroatoms. The molecule has 1 heterocycles. The fourth-order valence-electron chi connectivity index (χ4n) is 3.72. The average molecular weight is 414 g/mol. The van der Waals surface area contributed by atoms with E-state index in [1.165, 1.54) is 5.69 Å². The zero-order valence-electron chi connectivity index (χ0n) is 18.4. The summed E-state index contributed by atoms with van der Waals surface area (Å²) in [4.78, 5) is 17.4. The van der Waals surface area contributed by atoms with Gasteiger partial charge in [0.15, 0.2) is 11.5 Å². The van der Waals surface area contributed by atoms with E-state index in [4.69, 9.17) is 14.2 Å². The van der Waals surface area contributed by atoms with Crippen molar-refractivity contribution in [1.29, 1.82) is 0 Å². The Morgan fingerprint density at radius 2 is 1.67 bits per heavy atom. The van der Waals surface area contributed by atoms with E-state index >= 15 is 0 Å². The molecule has 0 radical (unpaired) electrons. The number of nitrogens with one attached hydrogen (secondary N) is 1. The molecule has 30 heavy (non-hydrogen) atoms. The van der Waals surface area contributed by atoms with Gasteiger partial charge in [0.25, 0.3) is 0 Å². The maximum absolute atomic E-state index is 12.7. The minimum atomic E-state index is -0.115. The maximum atomic E-state index is 12.7. The Bertz CT molecular complexity index is 892. The third-order valence-corrected chi connectivity index (χ3v) is 5.49.